The van der Waals surface area contributed by atoms with E-state index in [0.29, 0.717) is 17.1 Å². The molecule has 0 saturated heterocycles. The number of rotatable bonds is 3. The standard InChI is InChI=1S/C9H11BrN2O2/c1-13-7-4-5(10)3-6(9(11)12)8(7)14-2/h3-4H,1-2H3,(H3,11,12). The zero-order chi connectivity index (χ0) is 10.7. The summed E-state index contributed by atoms with van der Waals surface area (Å²) in [6.07, 6.45) is 0. The second kappa shape index (κ2) is 4.32. The van der Waals surface area contributed by atoms with Crippen molar-refractivity contribution in [1.82, 2.24) is 0 Å². The fourth-order valence-corrected chi connectivity index (χ4v) is 1.57. The number of nitrogen functional groups attached to an aromatic ring is 1. The van der Waals surface area contributed by atoms with Gasteiger partial charge in [0.05, 0.1) is 19.8 Å². The molecule has 1 aromatic rings. The fourth-order valence-electron chi connectivity index (χ4n) is 1.13. The maximum atomic E-state index is 7.37. The van der Waals surface area contributed by atoms with Crippen molar-refractivity contribution in [2.45, 2.75) is 0 Å². The van der Waals surface area contributed by atoms with Gasteiger partial charge in [0.25, 0.3) is 0 Å². The van der Waals surface area contributed by atoms with Gasteiger partial charge in [0, 0.05) is 4.47 Å². The molecule has 0 radical (unpaired) electrons. The first-order valence-electron chi connectivity index (χ1n) is 3.86. The Hall–Kier alpha value is -1.23. The summed E-state index contributed by atoms with van der Waals surface area (Å²) < 4.78 is 11.0. The van der Waals surface area contributed by atoms with E-state index in [4.69, 9.17) is 20.6 Å². The van der Waals surface area contributed by atoms with Crippen LogP contribution in [0.2, 0.25) is 0 Å². The second-order valence-electron chi connectivity index (χ2n) is 2.60. The van der Waals surface area contributed by atoms with Crippen molar-refractivity contribution in [3.8, 4) is 11.5 Å². The van der Waals surface area contributed by atoms with Gasteiger partial charge in [0.2, 0.25) is 0 Å². The van der Waals surface area contributed by atoms with E-state index in [1.165, 1.54) is 14.2 Å². The van der Waals surface area contributed by atoms with Gasteiger partial charge in [-0.2, -0.15) is 0 Å². The summed E-state index contributed by atoms with van der Waals surface area (Å²) in [5.74, 6) is 0.969. The van der Waals surface area contributed by atoms with E-state index in [9.17, 15) is 0 Å². The molecule has 0 fully saturated rings. The van der Waals surface area contributed by atoms with Gasteiger partial charge in [-0.3, -0.25) is 5.41 Å². The number of hydrogen-bond donors (Lipinski definition) is 2. The van der Waals surface area contributed by atoms with Crippen LogP contribution < -0.4 is 15.2 Å². The monoisotopic (exact) mass is 258 g/mol. The topological polar surface area (TPSA) is 68.3 Å². The maximum absolute atomic E-state index is 7.37. The molecule has 1 rings (SSSR count). The largest absolute Gasteiger partial charge is 0.493 e. The van der Waals surface area contributed by atoms with E-state index >= 15 is 0 Å². The molecular formula is C9H11BrN2O2. The number of nitrogens with one attached hydrogen (secondary N) is 1. The Morgan fingerprint density at radius 1 is 1.36 bits per heavy atom. The quantitative estimate of drug-likeness (QED) is 0.641. The molecular weight excluding hydrogens is 248 g/mol. The second-order valence-corrected chi connectivity index (χ2v) is 3.52. The number of hydrogen-bond acceptors (Lipinski definition) is 3. The highest BCUT2D eigenvalue weighted by molar-refractivity contribution is 9.10. The molecule has 0 bridgehead atoms. The molecule has 0 heterocycles. The summed E-state index contributed by atoms with van der Waals surface area (Å²) in [5.41, 5.74) is 5.92. The van der Waals surface area contributed by atoms with Crippen LogP contribution in [0.15, 0.2) is 16.6 Å². The molecule has 5 heteroatoms. The lowest BCUT2D eigenvalue weighted by molar-refractivity contribution is 0.354. The van der Waals surface area contributed by atoms with Crippen LogP contribution in [0.25, 0.3) is 0 Å². The van der Waals surface area contributed by atoms with Crippen LogP contribution in [0, 0.1) is 5.41 Å². The highest BCUT2D eigenvalue weighted by Gasteiger charge is 2.13. The highest BCUT2D eigenvalue weighted by Crippen LogP contribution is 2.34. The van der Waals surface area contributed by atoms with E-state index < -0.39 is 0 Å². The lowest BCUT2D eigenvalue weighted by Crippen LogP contribution is -2.13. The van der Waals surface area contributed by atoms with Gasteiger partial charge >= 0.3 is 0 Å². The summed E-state index contributed by atoms with van der Waals surface area (Å²) in [6.45, 7) is 0. The Balaban J connectivity index is 3.39. The number of nitrogens with two attached hydrogens (primary N) is 1. The third kappa shape index (κ3) is 1.98. The number of benzene rings is 1. The summed E-state index contributed by atoms with van der Waals surface area (Å²) >= 11 is 3.30. The summed E-state index contributed by atoms with van der Waals surface area (Å²) in [4.78, 5) is 0. The number of amidine groups is 1. The van der Waals surface area contributed by atoms with Crippen LogP contribution in [0.5, 0.6) is 11.5 Å². The zero-order valence-electron chi connectivity index (χ0n) is 7.93. The molecule has 1 aromatic carbocycles. The molecule has 76 valence electrons. The summed E-state index contributed by atoms with van der Waals surface area (Å²) in [7, 11) is 3.05. The van der Waals surface area contributed by atoms with Crippen LogP contribution in [-0.2, 0) is 0 Å². The minimum Gasteiger partial charge on any atom is -0.493 e. The van der Waals surface area contributed by atoms with Gasteiger partial charge in [-0.05, 0) is 12.1 Å². The number of methoxy groups -OCH3 is 2. The molecule has 0 aliphatic rings. The predicted molar refractivity (Wildman–Crippen MR) is 58.3 cm³/mol. The van der Waals surface area contributed by atoms with E-state index in [1.807, 2.05) is 0 Å². The highest BCUT2D eigenvalue weighted by atomic mass is 79.9. The van der Waals surface area contributed by atoms with Crippen molar-refractivity contribution in [1.29, 1.82) is 5.41 Å². The third-order valence-corrected chi connectivity index (χ3v) is 2.19. The lowest BCUT2D eigenvalue weighted by atomic mass is 10.1. The van der Waals surface area contributed by atoms with Crippen LogP contribution in [0.4, 0.5) is 0 Å². The van der Waals surface area contributed by atoms with E-state index in [0.717, 1.165) is 4.47 Å². The van der Waals surface area contributed by atoms with Gasteiger partial charge in [-0.25, -0.2) is 0 Å². The molecule has 0 atom stereocenters. The van der Waals surface area contributed by atoms with E-state index in [1.54, 1.807) is 12.1 Å². The van der Waals surface area contributed by atoms with E-state index in [-0.39, 0.29) is 5.84 Å². The Morgan fingerprint density at radius 3 is 2.43 bits per heavy atom. The Labute approximate surface area is 90.6 Å². The first-order valence-corrected chi connectivity index (χ1v) is 4.65. The molecule has 0 aliphatic carbocycles. The SMILES string of the molecule is COc1cc(Br)cc(C(=N)N)c1OC. The smallest absolute Gasteiger partial charge is 0.171 e. The molecule has 0 aromatic heterocycles. The van der Waals surface area contributed by atoms with Gasteiger partial charge < -0.3 is 15.2 Å². The maximum Gasteiger partial charge on any atom is 0.171 e. The van der Waals surface area contributed by atoms with Crippen molar-refractivity contribution >= 4 is 21.8 Å². The first kappa shape index (κ1) is 10.8. The number of halogens is 1. The summed E-state index contributed by atoms with van der Waals surface area (Å²) in [5, 5.41) is 7.37. The molecule has 0 saturated carbocycles. The van der Waals surface area contributed by atoms with Gasteiger partial charge in [-0.1, -0.05) is 15.9 Å². The first-order chi connectivity index (χ1) is 6.60. The van der Waals surface area contributed by atoms with Gasteiger partial charge in [0.15, 0.2) is 11.5 Å². The normalized spacial score (nSPS) is 9.64. The van der Waals surface area contributed by atoms with Crippen LogP contribution in [0.3, 0.4) is 0 Å². The van der Waals surface area contributed by atoms with Crippen molar-refractivity contribution in [2.75, 3.05) is 14.2 Å². The van der Waals surface area contributed by atoms with Crippen molar-refractivity contribution < 1.29 is 9.47 Å². The van der Waals surface area contributed by atoms with Crippen LogP contribution >= 0.6 is 15.9 Å². The minimum atomic E-state index is -0.0542. The molecule has 4 nitrogen and oxygen atoms in total. The molecule has 0 amide bonds. The Morgan fingerprint density at radius 2 is 2.00 bits per heavy atom. The van der Waals surface area contributed by atoms with Crippen molar-refractivity contribution in [3.63, 3.8) is 0 Å². The summed E-state index contributed by atoms with van der Waals surface area (Å²) in [6, 6.07) is 3.47. The molecule has 0 spiro atoms. The van der Waals surface area contributed by atoms with E-state index in [2.05, 4.69) is 15.9 Å². The van der Waals surface area contributed by atoms with Crippen molar-refractivity contribution in [2.24, 2.45) is 5.73 Å². The predicted octanol–water partition coefficient (Wildman–Crippen LogP) is 1.75. The van der Waals surface area contributed by atoms with Gasteiger partial charge in [0.1, 0.15) is 5.84 Å². The molecule has 3 N–H and O–H groups in total. The fraction of sp³-hybridized carbons (Fsp3) is 0.222. The Kier molecular flexibility index (Phi) is 3.35. The lowest BCUT2D eigenvalue weighted by Gasteiger charge is -2.12. The van der Waals surface area contributed by atoms with Gasteiger partial charge in [-0.15, -0.1) is 0 Å². The average Bonchev–Trinajstić information content (AvgIpc) is 2.16. The zero-order valence-corrected chi connectivity index (χ0v) is 9.51. The minimum absolute atomic E-state index is 0.0542. The number of ether oxygens (including phenoxy) is 2. The van der Waals surface area contributed by atoms with Crippen LogP contribution in [0.1, 0.15) is 5.56 Å². The third-order valence-electron chi connectivity index (χ3n) is 1.73. The average molecular weight is 259 g/mol. The molecule has 0 aliphatic heterocycles. The molecule has 14 heavy (non-hydrogen) atoms. The molecule has 0 unspecified atom stereocenters. The van der Waals surface area contributed by atoms with Crippen molar-refractivity contribution in [3.05, 3.63) is 22.2 Å². The van der Waals surface area contributed by atoms with Crippen LogP contribution in [-0.4, -0.2) is 20.1 Å². The Bertz CT molecular complexity index is 366.